The van der Waals surface area contributed by atoms with Crippen LogP contribution in [-0.2, 0) is 20.8 Å². The topological polar surface area (TPSA) is 27.7 Å². The molecule has 0 aromatic heterocycles. The molecule has 2 heterocycles. The van der Waals surface area contributed by atoms with Crippen LogP contribution in [0.15, 0.2) is 41.5 Å². The summed E-state index contributed by atoms with van der Waals surface area (Å²) in [6.07, 6.45) is -0.161. The van der Waals surface area contributed by atoms with Crippen molar-refractivity contribution in [2.45, 2.75) is 57.7 Å². The maximum atomic E-state index is 6.35. The van der Waals surface area contributed by atoms with Crippen LogP contribution in [0.2, 0.25) is 0 Å². The van der Waals surface area contributed by atoms with Gasteiger partial charge in [-0.3, -0.25) is 0 Å². The monoisotopic (exact) mass is 288 g/mol. The molecule has 4 atom stereocenters. The van der Waals surface area contributed by atoms with Gasteiger partial charge in [-0.15, -0.1) is 0 Å². The fraction of sp³-hybridized carbons (Fsp3) is 0.556. The van der Waals surface area contributed by atoms with Crippen LogP contribution in [-0.4, -0.2) is 30.5 Å². The van der Waals surface area contributed by atoms with E-state index in [1.807, 2.05) is 18.2 Å². The Hall–Kier alpha value is -1.16. The number of hydrogen-bond donors (Lipinski definition) is 0. The molecule has 0 unspecified atom stereocenters. The minimum Gasteiger partial charge on any atom is -0.375 e. The molecule has 0 N–H and O–H groups in total. The van der Waals surface area contributed by atoms with Gasteiger partial charge in [-0.25, -0.2) is 0 Å². The highest BCUT2D eigenvalue weighted by atomic mass is 16.6. The van der Waals surface area contributed by atoms with Crippen molar-refractivity contribution in [2.24, 2.45) is 0 Å². The minimum absolute atomic E-state index is 0.0742. The number of ether oxygens (including phenoxy) is 3. The lowest BCUT2D eigenvalue weighted by Crippen LogP contribution is -2.50. The molecule has 3 heteroatoms. The normalized spacial score (nSPS) is 38.3. The van der Waals surface area contributed by atoms with Crippen molar-refractivity contribution >= 4 is 0 Å². The number of methoxy groups -OCH3 is 1. The summed E-state index contributed by atoms with van der Waals surface area (Å²) in [4.78, 5) is 0. The third-order valence-corrected chi connectivity index (χ3v) is 5.36. The molecule has 1 saturated heterocycles. The molecule has 2 bridgehead atoms. The van der Waals surface area contributed by atoms with Crippen LogP contribution in [0.3, 0.4) is 0 Å². The van der Waals surface area contributed by atoms with Gasteiger partial charge >= 0.3 is 0 Å². The van der Waals surface area contributed by atoms with Crippen LogP contribution in [0, 0.1) is 0 Å². The average molecular weight is 288 g/mol. The third kappa shape index (κ3) is 1.99. The number of fused-ring (bicyclic) bond motifs is 2. The molecule has 0 amide bonds. The summed E-state index contributed by atoms with van der Waals surface area (Å²) in [5.41, 5.74) is 2.94. The van der Waals surface area contributed by atoms with E-state index in [4.69, 9.17) is 14.2 Å². The molecule has 1 fully saturated rings. The van der Waals surface area contributed by atoms with Crippen molar-refractivity contribution in [1.29, 1.82) is 0 Å². The summed E-state index contributed by atoms with van der Waals surface area (Å²) in [6.45, 7) is 9.08. The van der Waals surface area contributed by atoms with E-state index in [2.05, 4.69) is 39.8 Å². The Morgan fingerprint density at radius 3 is 2.14 bits per heavy atom. The minimum atomic E-state index is -0.395. The summed E-state index contributed by atoms with van der Waals surface area (Å²) in [5.74, 6) is 0. The molecule has 21 heavy (non-hydrogen) atoms. The van der Waals surface area contributed by atoms with Gasteiger partial charge in [-0.1, -0.05) is 30.3 Å². The smallest absolute Gasteiger partial charge is 0.120 e. The second-order valence-corrected chi connectivity index (χ2v) is 6.44. The predicted molar refractivity (Wildman–Crippen MR) is 82.1 cm³/mol. The van der Waals surface area contributed by atoms with E-state index in [0.717, 1.165) is 0 Å². The molecule has 2 aliphatic rings. The largest absolute Gasteiger partial charge is 0.375 e. The zero-order valence-corrected chi connectivity index (χ0v) is 13.5. The van der Waals surface area contributed by atoms with Gasteiger partial charge in [0.2, 0.25) is 0 Å². The molecular weight excluding hydrogens is 264 g/mol. The molecule has 1 aromatic rings. The van der Waals surface area contributed by atoms with E-state index in [1.165, 1.54) is 16.7 Å². The summed E-state index contributed by atoms with van der Waals surface area (Å²) < 4.78 is 18.3. The molecule has 0 spiro atoms. The first-order valence-corrected chi connectivity index (χ1v) is 7.50. The van der Waals surface area contributed by atoms with Gasteiger partial charge in [0.15, 0.2) is 0 Å². The van der Waals surface area contributed by atoms with Gasteiger partial charge in [-0.2, -0.15) is 0 Å². The number of benzene rings is 1. The summed E-state index contributed by atoms with van der Waals surface area (Å²) in [7, 11) is 1.74. The Labute approximate surface area is 126 Å². The van der Waals surface area contributed by atoms with E-state index >= 15 is 0 Å². The second kappa shape index (κ2) is 4.94. The maximum Gasteiger partial charge on any atom is 0.120 e. The van der Waals surface area contributed by atoms with Crippen LogP contribution in [0.5, 0.6) is 0 Å². The van der Waals surface area contributed by atoms with E-state index in [9.17, 15) is 0 Å². The Morgan fingerprint density at radius 2 is 1.57 bits per heavy atom. The summed E-state index contributed by atoms with van der Waals surface area (Å²) >= 11 is 0. The van der Waals surface area contributed by atoms with Crippen molar-refractivity contribution in [2.75, 3.05) is 7.11 Å². The van der Waals surface area contributed by atoms with Crippen LogP contribution in [0.25, 0.3) is 0 Å². The highest BCUT2D eigenvalue weighted by Gasteiger charge is 2.66. The standard InChI is InChI=1S/C18H24O3/c1-12-13(2)18(4)16(15(19-5)17(12,3)21-18)20-11-14-9-7-6-8-10-14/h6-10,15-16H,11H2,1-5H3/t15-,16+,17-,18+/m0/s1. The highest BCUT2D eigenvalue weighted by Crippen LogP contribution is 2.55. The molecule has 0 aliphatic carbocycles. The fourth-order valence-corrected chi connectivity index (χ4v) is 3.81. The van der Waals surface area contributed by atoms with Crippen molar-refractivity contribution < 1.29 is 14.2 Å². The van der Waals surface area contributed by atoms with E-state index in [1.54, 1.807) is 7.11 Å². The van der Waals surface area contributed by atoms with Crippen LogP contribution in [0.1, 0.15) is 33.3 Å². The Bertz CT molecular complexity index is 565. The van der Waals surface area contributed by atoms with Crippen molar-refractivity contribution in [1.82, 2.24) is 0 Å². The maximum absolute atomic E-state index is 6.35. The van der Waals surface area contributed by atoms with Crippen molar-refractivity contribution in [3.63, 3.8) is 0 Å². The molecule has 0 saturated carbocycles. The Kier molecular flexibility index (Phi) is 3.47. The Morgan fingerprint density at radius 1 is 1.00 bits per heavy atom. The molecule has 0 radical (unpaired) electrons. The zero-order valence-electron chi connectivity index (χ0n) is 13.5. The van der Waals surface area contributed by atoms with E-state index in [-0.39, 0.29) is 17.8 Å². The summed E-state index contributed by atoms with van der Waals surface area (Å²) in [5, 5.41) is 0. The second-order valence-electron chi connectivity index (χ2n) is 6.44. The SMILES string of the molecule is CO[C@H]1[C@@H](OCc2ccccc2)[C@]2(C)O[C@@]1(C)C(C)=C2C. The van der Waals surface area contributed by atoms with Gasteiger partial charge in [-0.05, 0) is 44.4 Å². The number of rotatable bonds is 4. The van der Waals surface area contributed by atoms with Crippen molar-refractivity contribution in [3.8, 4) is 0 Å². The van der Waals surface area contributed by atoms with E-state index in [0.29, 0.717) is 6.61 Å². The summed E-state index contributed by atoms with van der Waals surface area (Å²) in [6, 6.07) is 10.2. The molecular formula is C18H24O3. The van der Waals surface area contributed by atoms with E-state index < -0.39 is 5.60 Å². The zero-order chi connectivity index (χ0) is 15.3. The first-order chi connectivity index (χ1) is 9.93. The Balaban J connectivity index is 1.85. The number of hydrogen-bond acceptors (Lipinski definition) is 3. The van der Waals surface area contributed by atoms with Crippen molar-refractivity contribution in [3.05, 3.63) is 47.0 Å². The average Bonchev–Trinajstić information content (AvgIpc) is 2.82. The fourth-order valence-electron chi connectivity index (χ4n) is 3.81. The third-order valence-electron chi connectivity index (χ3n) is 5.36. The van der Waals surface area contributed by atoms with Gasteiger partial charge in [0.1, 0.15) is 23.4 Å². The van der Waals surface area contributed by atoms with Gasteiger partial charge in [0.25, 0.3) is 0 Å². The highest BCUT2D eigenvalue weighted by molar-refractivity contribution is 5.42. The van der Waals surface area contributed by atoms with Crippen LogP contribution < -0.4 is 0 Å². The van der Waals surface area contributed by atoms with Crippen LogP contribution >= 0.6 is 0 Å². The molecule has 2 aliphatic heterocycles. The van der Waals surface area contributed by atoms with Gasteiger partial charge < -0.3 is 14.2 Å². The first-order valence-electron chi connectivity index (χ1n) is 7.50. The van der Waals surface area contributed by atoms with Gasteiger partial charge in [0.05, 0.1) is 6.61 Å². The lowest BCUT2D eigenvalue weighted by atomic mass is 9.75. The molecule has 3 rings (SSSR count). The quantitative estimate of drug-likeness (QED) is 0.794. The first kappa shape index (κ1) is 14.8. The molecule has 3 nitrogen and oxygen atoms in total. The molecule has 1 aromatic carbocycles. The molecule has 114 valence electrons. The van der Waals surface area contributed by atoms with Gasteiger partial charge in [0, 0.05) is 7.11 Å². The lowest BCUT2D eigenvalue weighted by molar-refractivity contribution is -0.0820. The van der Waals surface area contributed by atoms with Crippen LogP contribution in [0.4, 0.5) is 0 Å². The predicted octanol–water partition coefficient (Wildman–Crippen LogP) is 3.48. The lowest BCUT2D eigenvalue weighted by Gasteiger charge is -2.36.